The van der Waals surface area contributed by atoms with Crippen LogP contribution in [0.15, 0.2) is 28.7 Å². The van der Waals surface area contributed by atoms with Gasteiger partial charge in [-0.3, -0.25) is 0 Å². The number of esters is 1. The summed E-state index contributed by atoms with van der Waals surface area (Å²) in [6.07, 6.45) is -0.474. The average molecular weight is 350 g/mol. The van der Waals surface area contributed by atoms with Crippen LogP contribution < -0.4 is 4.74 Å². The first-order chi connectivity index (χ1) is 9.92. The summed E-state index contributed by atoms with van der Waals surface area (Å²) in [5.74, 6) is 0.372. The molecule has 0 aliphatic rings. The van der Waals surface area contributed by atoms with Crippen LogP contribution in [-0.4, -0.2) is 13.1 Å². The summed E-state index contributed by atoms with van der Waals surface area (Å²) in [4.78, 5) is 11.3. The first kappa shape index (κ1) is 16.0. The first-order valence-electron chi connectivity index (χ1n) is 5.91. The van der Waals surface area contributed by atoms with Gasteiger partial charge in [-0.05, 0) is 25.1 Å². The van der Waals surface area contributed by atoms with Crippen LogP contribution in [0.5, 0.6) is 5.75 Å². The van der Waals surface area contributed by atoms with E-state index in [0.29, 0.717) is 26.6 Å². The van der Waals surface area contributed by atoms with Crippen LogP contribution in [0.4, 0.5) is 0 Å². The van der Waals surface area contributed by atoms with Crippen molar-refractivity contribution in [3.8, 4) is 5.75 Å². The Labute approximate surface area is 136 Å². The number of ether oxygens (including phenoxy) is 2. The molecular formula is C14H11Cl3O4. The molecule has 4 nitrogen and oxygen atoms in total. The average Bonchev–Trinajstić information content (AvgIpc) is 2.93. The Kier molecular flexibility index (Phi) is 5.04. The SMILES string of the molecule is COC(=O)c1ccc(C(C)Oc2cc(Cl)c(Cl)cc2Cl)o1. The van der Waals surface area contributed by atoms with Crippen molar-refractivity contribution in [2.45, 2.75) is 13.0 Å². The van der Waals surface area contributed by atoms with Crippen LogP contribution in [0.3, 0.4) is 0 Å². The van der Waals surface area contributed by atoms with Crippen molar-refractivity contribution < 1.29 is 18.7 Å². The van der Waals surface area contributed by atoms with E-state index in [2.05, 4.69) is 4.74 Å². The molecule has 0 aliphatic heterocycles. The second-order valence-corrected chi connectivity index (χ2v) is 5.37. The number of rotatable bonds is 4. The van der Waals surface area contributed by atoms with Crippen LogP contribution in [0, 0.1) is 0 Å². The number of halogens is 3. The van der Waals surface area contributed by atoms with E-state index in [4.69, 9.17) is 44.0 Å². The van der Waals surface area contributed by atoms with Gasteiger partial charge in [0, 0.05) is 6.07 Å². The molecule has 0 N–H and O–H groups in total. The molecule has 0 radical (unpaired) electrons. The highest BCUT2D eigenvalue weighted by molar-refractivity contribution is 6.43. The third-order valence-electron chi connectivity index (χ3n) is 2.69. The van der Waals surface area contributed by atoms with Crippen LogP contribution >= 0.6 is 34.8 Å². The fourth-order valence-electron chi connectivity index (χ4n) is 1.62. The minimum atomic E-state index is -0.555. The summed E-state index contributed by atoms with van der Waals surface area (Å²) >= 11 is 17.8. The Hall–Kier alpha value is -1.36. The van der Waals surface area contributed by atoms with Crippen LogP contribution in [-0.2, 0) is 4.74 Å². The molecule has 2 rings (SSSR count). The molecule has 1 aromatic heterocycles. The number of furan rings is 1. The zero-order chi connectivity index (χ0) is 15.6. The van der Waals surface area contributed by atoms with Crippen LogP contribution in [0.2, 0.25) is 15.1 Å². The first-order valence-corrected chi connectivity index (χ1v) is 7.05. The van der Waals surface area contributed by atoms with E-state index in [-0.39, 0.29) is 5.76 Å². The molecule has 0 spiro atoms. The lowest BCUT2D eigenvalue weighted by Crippen LogP contribution is -2.03. The van der Waals surface area contributed by atoms with E-state index >= 15 is 0 Å². The van der Waals surface area contributed by atoms with Crippen molar-refractivity contribution in [1.29, 1.82) is 0 Å². The standard InChI is InChI=1S/C14H11Cl3O4/c1-7(11-3-4-12(21-11)14(18)19-2)20-13-6-9(16)8(15)5-10(13)17/h3-7H,1-2H3. The van der Waals surface area contributed by atoms with E-state index in [0.717, 1.165) is 0 Å². The number of methoxy groups -OCH3 is 1. The van der Waals surface area contributed by atoms with Gasteiger partial charge < -0.3 is 13.9 Å². The van der Waals surface area contributed by atoms with E-state index in [1.165, 1.54) is 25.3 Å². The summed E-state index contributed by atoms with van der Waals surface area (Å²) < 4.78 is 15.6. The highest BCUT2D eigenvalue weighted by atomic mass is 35.5. The second-order valence-electron chi connectivity index (χ2n) is 4.15. The minimum Gasteiger partial charge on any atom is -0.481 e. The molecule has 21 heavy (non-hydrogen) atoms. The van der Waals surface area contributed by atoms with Crippen LogP contribution in [0.25, 0.3) is 0 Å². The van der Waals surface area contributed by atoms with Gasteiger partial charge in [0.05, 0.1) is 22.2 Å². The molecule has 1 unspecified atom stereocenters. The van der Waals surface area contributed by atoms with Crippen molar-refractivity contribution in [1.82, 2.24) is 0 Å². The predicted octanol–water partition coefficient (Wildman–Crippen LogP) is 5.17. The molecule has 1 aromatic carbocycles. The molecule has 0 amide bonds. The monoisotopic (exact) mass is 348 g/mol. The van der Waals surface area contributed by atoms with E-state index < -0.39 is 12.1 Å². The molecular weight excluding hydrogens is 339 g/mol. The molecule has 0 saturated carbocycles. The third kappa shape index (κ3) is 3.64. The Morgan fingerprint density at radius 2 is 1.81 bits per heavy atom. The highest BCUT2D eigenvalue weighted by Gasteiger charge is 2.18. The molecule has 2 aromatic rings. The fourth-order valence-corrected chi connectivity index (χ4v) is 2.21. The van der Waals surface area contributed by atoms with Gasteiger partial charge in [-0.1, -0.05) is 34.8 Å². The highest BCUT2D eigenvalue weighted by Crippen LogP contribution is 2.36. The van der Waals surface area contributed by atoms with Crippen molar-refractivity contribution in [2.24, 2.45) is 0 Å². The maximum atomic E-state index is 11.3. The lowest BCUT2D eigenvalue weighted by atomic mass is 10.3. The van der Waals surface area contributed by atoms with Crippen molar-refractivity contribution >= 4 is 40.8 Å². The van der Waals surface area contributed by atoms with Gasteiger partial charge in [0.25, 0.3) is 0 Å². The summed E-state index contributed by atoms with van der Waals surface area (Å²) in [6, 6.07) is 6.15. The van der Waals surface area contributed by atoms with Crippen molar-refractivity contribution in [2.75, 3.05) is 7.11 Å². The maximum absolute atomic E-state index is 11.3. The smallest absolute Gasteiger partial charge is 0.373 e. The lowest BCUT2D eigenvalue weighted by molar-refractivity contribution is 0.0558. The number of benzene rings is 1. The van der Waals surface area contributed by atoms with Crippen molar-refractivity contribution in [3.05, 3.63) is 50.9 Å². The molecule has 0 aliphatic carbocycles. The van der Waals surface area contributed by atoms with E-state index in [9.17, 15) is 4.79 Å². The molecule has 112 valence electrons. The van der Waals surface area contributed by atoms with Gasteiger partial charge in [0.15, 0.2) is 6.10 Å². The predicted molar refractivity (Wildman–Crippen MR) is 80.6 cm³/mol. The molecule has 0 bridgehead atoms. The third-order valence-corrected chi connectivity index (χ3v) is 3.71. The van der Waals surface area contributed by atoms with Crippen molar-refractivity contribution in [3.63, 3.8) is 0 Å². The quantitative estimate of drug-likeness (QED) is 0.564. The Bertz CT molecular complexity index is 666. The van der Waals surface area contributed by atoms with Crippen LogP contribution in [0.1, 0.15) is 29.3 Å². The number of hydrogen-bond donors (Lipinski definition) is 0. The second kappa shape index (κ2) is 6.60. The minimum absolute atomic E-state index is 0.100. The Morgan fingerprint density at radius 3 is 2.48 bits per heavy atom. The molecule has 0 saturated heterocycles. The zero-order valence-corrected chi connectivity index (χ0v) is 13.4. The molecule has 1 atom stereocenters. The summed E-state index contributed by atoms with van der Waals surface area (Å²) in [6.45, 7) is 1.75. The number of carbonyl (C=O) groups is 1. The molecule has 1 heterocycles. The van der Waals surface area contributed by atoms with E-state index in [1.54, 1.807) is 13.0 Å². The summed E-state index contributed by atoms with van der Waals surface area (Å²) in [7, 11) is 1.28. The topological polar surface area (TPSA) is 48.7 Å². The summed E-state index contributed by atoms with van der Waals surface area (Å²) in [5.41, 5.74) is 0. The fraction of sp³-hybridized carbons (Fsp3) is 0.214. The molecule has 0 fully saturated rings. The largest absolute Gasteiger partial charge is 0.481 e. The van der Waals surface area contributed by atoms with E-state index in [1.807, 2.05) is 0 Å². The Balaban J connectivity index is 2.18. The normalized spacial score (nSPS) is 12.0. The number of carbonyl (C=O) groups excluding carboxylic acids is 1. The lowest BCUT2D eigenvalue weighted by Gasteiger charge is -2.14. The number of hydrogen-bond acceptors (Lipinski definition) is 4. The molecule has 7 heteroatoms. The van der Waals surface area contributed by atoms with Gasteiger partial charge in [-0.25, -0.2) is 4.79 Å². The van der Waals surface area contributed by atoms with Gasteiger partial charge in [-0.15, -0.1) is 0 Å². The Morgan fingerprint density at radius 1 is 1.14 bits per heavy atom. The van der Waals surface area contributed by atoms with Gasteiger partial charge >= 0.3 is 5.97 Å². The van der Waals surface area contributed by atoms with Gasteiger partial charge in [-0.2, -0.15) is 0 Å². The maximum Gasteiger partial charge on any atom is 0.373 e. The summed E-state index contributed by atoms with van der Waals surface area (Å²) in [5, 5.41) is 1.00. The van der Waals surface area contributed by atoms with Gasteiger partial charge in [0.2, 0.25) is 5.76 Å². The zero-order valence-electron chi connectivity index (χ0n) is 11.2. The van der Waals surface area contributed by atoms with Gasteiger partial charge in [0.1, 0.15) is 11.5 Å².